The molecule has 0 N–H and O–H groups in total. The minimum atomic E-state index is -0.747. The lowest BCUT2D eigenvalue weighted by Gasteiger charge is -2.10. The monoisotopic (exact) mass is 279 g/mol. The van der Waals surface area contributed by atoms with Crippen molar-refractivity contribution in [1.82, 2.24) is 0 Å². The van der Waals surface area contributed by atoms with Crippen LogP contribution in [0, 0.1) is 17.7 Å². The van der Waals surface area contributed by atoms with Crippen molar-refractivity contribution in [3.8, 4) is 16.9 Å². The highest BCUT2D eigenvalue weighted by molar-refractivity contribution is 6.33. The Labute approximate surface area is 115 Å². The zero-order valence-electron chi connectivity index (χ0n) is 9.92. The number of ether oxygens (including phenoxy) is 1. The molecule has 0 aliphatic rings. The second-order valence-corrected chi connectivity index (χ2v) is 4.16. The lowest BCUT2D eigenvalue weighted by atomic mass is 10.0. The fourth-order valence-corrected chi connectivity index (χ4v) is 1.86. The standard InChI is InChI=1S/C15H10ClF2O/c1-2-7-19-10-8-13(17)15(14(18)9-10)11-5-3-4-6-12(11)16/h2-4,6,8-9H,1,7H2. The van der Waals surface area contributed by atoms with Crippen LogP contribution in [0.5, 0.6) is 5.75 Å². The molecule has 0 amide bonds. The summed E-state index contributed by atoms with van der Waals surface area (Å²) in [6, 6.07) is 9.68. The molecule has 0 saturated carbocycles. The second kappa shape index (κ2) is 5.85. The fourth-order valence-electron chi connectivity index (χ4n) is 1.64. The molecule has 0 atom stereocenters. The molecule has 0 saturated heterocycles. The average molecular weight is 280 g/mol. The van der Waals surface area contributed by atoms with Crippen molar-refractivity contribution in [2.24, 2.45) is 0 Å². The molecule has 0 heterocycles. The van der Waals surface area contributed by atoms with E-state index in [2.05, 4.69) is 12.6 Å². The van der Waals surface area contributed by atoms with Gasteiger partial charge in [-0.2, -0.15) is 0 Å². The molecule has 19 heavy (non-hydrogen) atoms. The molecule has 4 heteroatoms. The van der Waals surface area contributed by atoms with Gasteiger partial charge >= 0.3 is 0 Å². The Morgan fingerprint density at radius 3 is 2.58 bits per heavy atom. The first-order valence-corrected chi connectivity index (χ1v) is 5.90. The molecule has 0 spiro atoms. The summed E-state index contributed by atoms with van der Waals surface area (Å²) in [4.78, 5) is 0. The molecular weight excluding hydrogens is 270 g/mol. The third-order valence-electron chi connectivity index (χ3n) is 2.44. The summed E-state index contributed by atoms with van der Waals surface area (Å²) >= 11 is 5.92. The summed E-state index contributed by atoms with van der Waals surface area (Å²) in [5.74, 6) is -1.39. The zero-order chi connectivity index (χ0) is 13.8. The third kappa shape index (κ3) is 2.93. The van der Waals surface area contributed by atoms with Gasteiger partial charge < -0.3 is 4.74 Å². The Morgan fingerprint density at radius 1 is 1.32 bits per heavy atom. The smallest absolute Gasteiger partial charge is 0.137 e. The van der Waals surface area contributed by atoms with Gasteiger partial charge in [0.1, 0.15) is 24.0 Å². The van der Waals surface area contributed by atoms with E-state index in [-0.39, 0.29) is 28.5 Å². The number of hydrogen-bond acceptors (Lipinski definition) is 1. The highest BCUT2D eigenvalue weighted by Crippen LogP contribution is 2.33. The molecule has 2 rings (SSSR count). The summed E-state index contributed by atoms with van der Waals surface area (Å²) in [5, 5.41) is 0.236. The van der Waals surface area contributed by atoms with Crippen molar-refractivity contribution in [3.05, 3.63) is 65.7 Å². The predicted molar refractivity (Wildman–Crippen MR) is 71.3 cm³/mol. The Balaban J connectivity index is 2.48. The summed E-state index contributed by atoms with van der Waals surface area (Å²) in [7, 11) is 0. The van der Waals surface area contributed by atoms with Crippen molar-refractivity contribution in [2.45, 2.75) is 0 Å². The van der Waals surface area contributed by atoms with Crippen LogP contribution >= 0.6 is 11.6 Å². The van der Waals surface area contributed by atoms with E-state index in [1.807, 2.05) is 0 Å². The highest BCUT2D eigenvalue weighted by atomic mass is 35.5. The number of hydrogen-bond donors (Lipinski definition) is 0. The summed E-state index contributed by atoms with van der Waals surface area (Å²) in [5.41, 5.74) is -0.0222. The van der Waals surface area contributed by atoms with Crippen LogP contribution in [0.25, 0.3) is 11.1 Å². The van der Waals surface area contributed by atoms with E-state index in [9.17, 15) is 8.78 Å². The van der Waals surface area contributed by atoms with Crippen LogP contribution in [0.15, 0.2) is 43.0 Å². The molecule has 0 unspecified atom stereocenters. The van der Waals surface area contributed by atoms with Crippen molar-refractivity contribution in [1.29, 1.82) is 0 Å². The average Bonchev–Trinajstić information content (AvgIpc) is 2.38. The van der Waals surface area contributed by atoms with Gasteiger partial charge in [0.05, 0.1) is 5.56 Å². The van der Waals surface area contributed by atoms with Gasteiger partial charge in [-0.15, -0.1) is 0 Å². The lowest BCUT2D eigenvalue weighted by Crippen LogP contribution is -1.97. The first-order valence-electron chi connectivity index (χ1n) is 5.52. The summed E-state index contributed by atoms with van der Waals surface area (Å²) in [6.45, 7) is 3.64. The fraction of sp³-hybridized carbons (Fsp3) is 0.0667. The van der Waals surface area contributed by atoms with Crippen LogP contribution in [0.2, 0.25) is 5.02 Å². The Kier molecular flexibility index (Phi) is 4.17. The van der Waals surface area contributed by atoms with Crippen LogP contribution in [0.1, 0.15) is 0 Å². The molecule has 1 nitrogen and oxygen atoms in total. The van der Waals surface area contributed by atoms with Crippen LogP contribution in [-0.2, 0) is 0 Å². The maximum Gasteiger partial charge on any atom is 0.137 e. The van der Waals surface area contributed by atoms with Crippen molar-refractivity contribution >= 4 is 11.6 Å². The van der Waals surface area contributed by atoms with E-state index in [1.54, 1.807) is 18.2 Å². The van der Waals surface area contributed by atoms with E-state index >= 15 is 0 Å². The maximum absolute atomic E-state index is 14.0. The number of halogens is 3. The van der Waals surface area contributed by atoms with E-state index in [1.165, 1.54) is 6.08 Å². The maximum atomic E-state index is 14.0. The molecule has 0 bridgehead atoms. The van der Waals surface area contributed by atoms with Crippen LogP contribution in [0.3, 0.4) is 0 Å². The van der Waals surface area contributed by atoms with E-state index in [0.29, 0.717) is 0 Å². The quantitative estimate of drug-likeness (QED) is 0.740. The summed E-state index contributed by atoms with van der Waals surface area (Å²) < 4.78 is 33.1. The van der Waals surface area contributed by atoms with Gasteiger partial charge in [0.2, 0.25) is 0 Å². The number of benzene rings is 2. The zero-order valence-corrected chi connectivity index (χ0v) is 10.7. The summed E-state index contributed by atoms with van der Waals surface area (Å²) in [6.07, 6.45) is 1.49. The van der Waals surface area contributed by atoms with E-state index < -0.39 is 11.6 Å². The van der Waals surface area contributed by atoms with Crippen molar-refractivity contribution in [2.75, 3.05) is 6.61 Å². The van der Waals surface area contributed by atoms with Gasteiger partial charge in [-0.25, -0.2) is 8.78 Å². The van der Waals surface area contributed by atoms with Crippen molar-refractivity contribution in [3.63, 3.8) is 0 Å². The Bertz CT molecular complexity index is 588. The Hall–Kier alpha value is -1.87. The molecule has 2 aromatic carbocycles. The van der Waals surface area contributed by atoms with Gasteiger partial charge in [-0.1, -0.05) is 36.4 Å². The molecule has 97 valence electrons. The number of rotatable bonds is 4. The van der Waals surface area contributed by atoms with E-state index in [0.717, 1.165) is 12.1 Å². The largest absolute Gasteiger partial charge is 0.489 e. The molecule has 0 fully saturated rings. The van der Waals surface area contributed by atoms with Gasteiger partial charge in [-0.3, -0.25) is 0 Å². The third-order valence-corrected chi connectivity index (χ3v) is 2.75. The first-order chi connectivity index (χ1) is 9.13. The van der Waals surface area contributed by atoms with Gasteiger partial charge in [-0.05, 0) is 12.1 Å². The first kappa shape index (κ1) is 13.6. The lowest BCUT2D eigenvalue weighted by molar-refractivity contribution is 0.358. The molecule has 0 aromatic heterocycles. The van der Waals surface area contributed by atoms with Crippen LogP contribution in [-0.4, -0.2) is 6.61 Å². The van der Waals surface area contributed by atoms with Crippen LogP contribution < -0.4 is 4.74 Å². The minimum Gasteiger partial charge on any atom is -0.489 e. The SMILES string of the molecule is C=CCOc1cc(F)c(-c2[c]cccc2Cl)c(F)c1. The predicted octanol–water partition coefficient (Wildman–Crippen LogP) is 4.65. The second-order valence-electron chi connectivity index (χ2n) is 3.75. The van der Waals surface area contributed by atoms with Gasteiger partial charge in [0.15, 0.2) is 0 Å². The van der Waals surface area contributed by atoms with Crippen LogP contribution in [0.4, 0.5) is 8.78 Å². The Morgan fingerprint density at radius 2 is 2.00 bits per heavy atom. The van der Waals surface area contributed by atoms with E-state index in [4.69, 9.17) is 16.3 Å². The minimum absolute atomic E-state index is 0.103. The topological polar surface area (TPSA) is 9.23 Å². The van der Waals surface area contributed by atoms with Crippen molar-refractivity contribution < 1.29 is 13.5 Å². The molecule has 0 aliphatic heterocycles. The van der Waals surface area contributed by atoms with Gasteiger partial charge in [0.25, 0.3) is 0 Å². The van der Waals surface area contributed by atoms with Gasteiger partial charge in [0, 0.05) is 22.7 Å². The molecular formula is C15H10ClF2O. The molecule has 0 aliphatic carbocycles. The molecule has 1 radical (unpaired) electrons. The highest BCUT2D eigenvalue weighted by Gasteiger charge is 2.16. The normalized spacial score (nSPS) is 10.3. The molecule has 2 aromatic rings.